The van der Waals surface area contributed by atoms with Crippen molar-refractivity contribution in [2.24, 2.45) is 4.99 Å². The lowest BCUT2D eigenvalue weighted by molar-refractivity contribution is 0.0977. The highest BCUT2D eigenvalue weighted by Crippen LogP contribution is 2.15. The standard InChI is InChI=1S/C25H31N5O/c1-7-30-20(6)23(19(5)29-30)15-26-25(27-22-10-8-9-16(2)13-22)28-24(31)21-12-11-17(3)18(4)14-21/h8-14H,7,15H2,1-6H3,(H2,26,27,28,31). The fourth-order valence-corrected chi connectivity index (χ4v) is 3.46. The van der Waals surface area contributed by atoms with Crippen LogP contribution in [0.1, 0.15) is 50.9 Å². The molecule has 0 saturated carbocycles. The number of guanidine groups is 1. The highest BCUT2D eigenvalue weighted by atomic mass is 16.1. The minimum absolute atomic E-state index is 0.195. The van der Waals surface area contributed by atoms with Crippen LogP contribution in [0.4, 0.5) is 5.69 Å². The molecule has 6 nitrogen and oxygen atoms in total. The Morgan fingerprint density at radius 2 is 1.81 bits per heavy atom. The Bertz CT molecular complexity index is 1130. The van der Waals surface area contributed by atoms with Crippen LogP contribution in [0, 0.1) is 34.6 Å². The molecule has 1 heterocycles. The summed E-state index contributed by atoms with van der Waals surface area (Å²) in [6.45, 7) is 13.4. The third-order valence-electron chi connectivity index (χ3n) is 5.51. The molecule has 6 heteroatoms. The van der Waals surface area contributed by atoms with Gasteiger partial charge in [0.25, 0.3) is 5.91 Å². The van der Waals surface area contributed by atoms with E-state index in [4.69, 9.17) is 4.99 Å². The number of hydrogen-bond acceptors (Lipinski definition) is 3. The number of aliphatic imine (C=N–C) groups is 1. The number of amides is 1. The zero-order valence-electron chi connectivity index (χ0n) is 19.2. The summed E-state index contributed by atoms with van der Waals surface area (Å²) in [6.07, 6.45) is 0. The molecule has 0 atom stereocenters. The van der Waals surface area contributed by atoms with E-state index in [2.05, 4.69) is 29.6 Å². The number of aryl methyl sites for hydroxylation is 5. The Hall–Kier alpha value is -3.41. The summed E-state index contributed by atoms with van der Waals surface area (Å²) < 4.78 is 1.97. The SMILES string of the molecule is CCn1nc(C)c(CN=C(NC(=O)c2ccc(C)c(C)c2)Nc2cccc(C)c2)c1C. The third-order valence-corrected chi connectivity index (χ3v) is 5.51. The number of hydrogen-bond donors (Lipinski definition) is 2. The molecule has 2 aromatic carbocycles. The first-order valence-corrected chi connectivity index (χ1v) is 10.6. The van der Waals surface area contributed by atoms with Crippen molar-refractivity contribution < 1.29 is 4.79 Å². The molecule has 0 unspecified atom stereocenters. The molecular weight excluding hydrogens is 386 g/mol. The predicted octanol–water partition coefficient (Wildman–Crippen LogP) is 4.84. The maximum atomic E-state index is 12.9. The summed E-state index contributed by atoms with van der Waals surface area (Å²) in [4.78, 5) is 17.6. The summed E-state index contributed by atoms with van der Waals surface area (Å²) in [5, 5.41) is 10.8. The molecule has 0 saturated heterocycles. The van der Waals surface area contributed by atoms with Crippen LogP contribution in [0.3, 0.4) is 0 Å². The number of carbonyl (C=O) groups is 1. The van der Waals surface area contributed by atoms with Crippen LogP contribution in [0.2, 0.25) is 0 Å². The highest BCUT2D eigenvalue weighted by Gasteiger charge is 2.13. The van der Waals surface area contributed by atoms with Gasteiger partial charge < -0.3 is 5.32 Å². The first-order chi connectivity index (χ1) is 14.8. The molecular formula is C25H31N5O. The zero-order valence-corrected chi connectivity index (χ0v) is 19.2. The summed E-state index contributed by atoms with van der Waals surface area (Å²) in [5.74, 6) is 0.219. The van der Waals surface area contributed by atoms with Crippen LogP contribution in [0.15, 0.2) is 47.5 Å². The summed E-state index contributed by atoms with van der Waals surface area (Å²) in [5.41, 5.74) is 7.97. The fraction of sp³-hybridized carbons (Fsp3) is 0.320. The number of nitrogens with zero attached hydrogens (tertiary/aromatic N) is 3. The minimum atomic E-state index is -0.195. The van der Waals surface area contributed by atoms with E-state index in [1.807, 2.05) is 74.8 Å². The molecule has 31 heavy (non-hydrogen) atoms. The molecule has 0 aliphatic heterocycles. The number of nitrogens with one attached hydrogen (secondary N) is 2. The molecule has 0 spiro atoms. The largest absolute Gasteiger partial charge is 0.326 e. The molecule has 0 aliphatic carbocycles. The Morgan fingerprint density at radius 3 is 2.45 bits per heavy atom. The summed E-state index contributed by atoms with van der Waals surface area (Å²) >= 11 is 0. The van der Waals surface area contributed by atoms with Gasteiger partial charge >= 0.3 is 0 Å². The maximum Gasteiger partial charge on any atom is 0.257 e. The normalized spacial score (nSPS) is 11.5. The first-order valence-electron chi connectivity index (χ1n) is 10.6. The molecule has 0 bridgehead atoms. The fourth-order valence-electron chi connectivity index (χ4n) is 3.46. The van der Waals surface area contributed by atoms with Gasteiger partial charge in [0.05, 0.1) is 12.2 Å². The average Bonchev–Trinajstić information content (AvgIpc) is 3.01. The number of anilines is 1. The Kier molecular flexibility index (Phi) is 6.90. The number of carbonyl (C=O) groups excluding carboxylic acids is 1. The van der Waals surface area contributed by atoms with E-state index in [1.54, 1.807) is 0 Å². The van der Waals surface area contributed by atoms with Crippen molar-refractivity contribution in [3.8, 4) is 0 Å². The monoisotopic (exact) mass is 417 g/mol. The Morgan fingerprint density at radius 1 is 1.03 bits per heavy atom. The minimum Gasteiger partial charge on any atom is -0.326 e. The number of aromatic nitrogens is 2. The van der Waals surface area contributed by atoms with Crippen molar-refractivity contribution in [2.75, 3.05) is 5.32 Å². The number of rotatable bonds is 5. The quantitative estimate of drug-likeness (QED) is 0.461. The van der Waals surface area contributed by atoms with E-state index < -0.39 is 0 Å². The van der Waals surface area contributed by atoms with Crippen LogP contribution >= 0.6 is 0 Å². The van der Waals surface area contributed by atoms with Crippen LogP contribution in [0.5, 0.6) is 0 Å². The van der Waals surface area contributed by atoms with Crippen molar-refractivity contribution >= 4 is 17.6 Å². The van der Waals surface area contributed by atoms with Gasteiger partial charge in [0.2, 0.25) is 5.96 Å². The van der Waals surface area contributed by atoms with E-state index in [1.165, 1.54) is 0 Å². The lowest BCUT2D eigenvalue weighted by Crippen LogP contribution is -2.36. The van der Waals surface area contributed by atoms with Crippen molar-refractivity contribution in [3.63, 3.8) is 0 Å². The van der Waals surface area contributed by atoms with Gasteiger partial charge in [-0.25, -0.2) is 4.99 Å². The van der Waals surface area contributed by atoms with Crippen LogP contribution in [-0.2, 0) is 13.1 Å². The van der Waals surface area contributed by atoms with E-state index in [0.29, 0.717) is 18.1 Å². The molecule has 3 rings (SSSR count). The van der Waals surface area contributed by atoms with E-state index in [9.17, 15) is 4.79 Å². The molecule has 0 radical (unpaired) electrons. The zero-order chi connectivity index (χ0) is 22.5. The average molecular weight is 418 g/mol. The van der Waals surface area contributed by atoms with Gasteiger partial charge in [-0.05, 0) is 82.5 Å². The Labute approximate surface area is 184 Å². The topological polar surface area (TPSA) is 71.3 Å². The second-order valence-electron chi connectivity index (χ2n) is 7.88. The van der Waals surface area contributed by atoms with Gasteiger partial charge in [0, 0.05) is 29.1 Å². The highest BCUT2D eigenvalue weighted by molar-refractivity contribution is 6.10. The third kappa shape index (κ3) is 5.40. The molecule has 1 aromatic heterocycles. The summed E-state index contributed by atoms with van der Waals surface area (Å²) in [6, 6.07) is 13.7. The lowest BCUT2D eigenvalue weighted by Gasteiger charge is -2.13. The van der Waals surface area contributed by atoms with E-state index in [-0.39, 0.29) is 5.91 Å². The van der Waals surface area contributed by atoms with Crippen LogP contribution < -0.4 is 10.6 Å². The van der Waals surface area contributed by atoms with Gasteiger partial charge in [-0.1, -0.05) is 18.2 Å². The molecule has 0 aliphatic rings. The lowest BCUT2D eigenvalue weighted by atomic mass is 10.1. The molecule has 162 valence electrons. The van der Waals surface area contributed by atoms with Crippen molar-refractivity contribution in [3.05, 3.63) is 81.7 Å². The summed E-state index contributed by atoms with van der Waals surface area (Å²) in [7, 11) is 0. The molecule has 0 fully saturated rings. The van der Waals surface area contributed by atoms with Gasteiger partial charge in [-0.15, -0.1) is 0 Å². The maximum absolute atomic E-state index is 12.9. The van der Waals surface area contributed by atoms with E-state index in [0.717, 1.165) is 45.9 Å². The van der Waals surface area contributed by atoms with E-state index >= 15 is 0 Å². The van der Waals surface area contributed by atoms with Gasteiger partial charge in [0.15, 0.2) is 0 Å². The first kappa shape index (κ1) is 22.3. The Balaban J connectivity index is 1.88. The van der Waals surface area contributed by atoms with Gasteiger partial charge in [-0.2, -0.15) is 5.10 Å². The van der Waals surface area contributed by atoms with Crippen LogP contribution in [0.25, 0.3) is 0 Å². The van der Waals surface area contributed by atoms with Gasteiger partial charge in [-0.3, -0.25) is 14.8 Å². The molecule has 1 amide bonds. The van der Waals surface area contributed by atoms with Gasteiger partial charge in [0.1, 0.15) is 0 Å². The number of benzene rings is 2. The van der Waals surface area contributed by atoms with Crippen molar-refractivity contribution in [1.29, 1.82) is 0 Å². The van der Waals surface area contributed by atoms with Crippen molar-refractivity contribution in [2.45, 2.75) is 54.6 Å². The molecule has 2 N–H and O–H groups in total. The second kappa shape index (κ2) is 9.60. The van der Waals surface area contributed by atoms with Crippen LogP contribution in [-0.4, -0.2) is 21.6 Å². The van der Waals surface area contributed by atoms with Crippen molar-refractivity contribution in [1.82, 2.24) is 15.1 Å². The smallest absolute Gasteiger partial charge is 0.257 e. The second-order valence-corrected chi connectivity index (χ2v) is 7.88. The molecule has 3 aromatic rings. The predicted molar refractivity (Wildman–Crippen MR) is 127 cm³/mol.